The quantitative estimate of drug-likeness (QED) is 0.456. The fourth-order valence-electron chi connectivity index (χ4n) is 1.00. The molecule has 0 radical (unpaired) electrons. The number of rotatable bonds is 1. The molecule has 0 bridgehead atoms. The molecule has 0 saturated heterocycles. The molecule has 0 amide bonds. The molecule has 0 atom stereocenters. The van der Waals surface area contributed by atoms with Crippen LogP contribution in [-0.4, -0.2) is 5.84 Å². The smallest absolute Gasteiger partial charge is 0.126 e. The summed E-state index contributed by atoms with van der Waals surface area (Å²) in [6, 6.07) is 0. The van der Waals surface area contributed by atoms with E-state index in [-0.39, 0.29) is 5.84 Å². The van der Waals surface area contributed by atoms with Gasteiger partial charge in [0.2, 0.25) is 0 Å². The lowest BCUT2D eigenvalue weighted by atomic mass is 10.1. The third-order valence-electron chi connectivity index (χ3n) is 1.60. The highest BCUT2D eigenvalue weighted by atomic mass is 15.2. The number of hydrogen-bond acceptors (Lipinski definition) is 5. The first-order valence-electron chi connectivity index (χ1n) is 3.56. The summed E-state index contributed by atoms with van der Waals surface area (Å²) < 4.78 is 0. The molecule has 0 fully saturated rings. The summed E-state index contributed by atoms with van der Waals surface area (Å²) in [5.74, 6) is -0.0667. The van der Waals surface area contributed by atoms with Gasteiger partial charge in [0.1, 0.15) is 17.2 Å². The van der Waals surface area contributed by atoms with Gasteiger partial charge >= 0.3 is 0 Å². The summed E-state index contributed by atoms with van der Waals surface area (Å²) >= 11 is 0. The summed E-state index contributed by atoms with van der Waals surface area (Å²) in [5.41, 5.74) is 6.90. The van der Waals surface area contributed by atoms with Crippen molar-refractivity contribution < 1.29 is 0 Å². The molecule has 2 aliphatic rings. The summed E-state index contributed by atoms with van der Waals surface area (Å²) in [6.45, 7) is 0. The van der Waals surface area contributed by atoms with Gasteiger partial charge in [-0.3, -0.25) is 5.41 Å². The lowest BCUT2D eigenvalue weighted by molar-refractivity contribution is 1.14. The molecule has 2 aliphatic heterocycles. The molecule has 2 rings (SSSR count). The second-order valence-electron chi connectivity index (χ2n) is 2.44. The molecule has 64 valence electrons. The van der Waals surface area contributed by atoms with E-state index in [0.29, 0.717) is 17.0 Å². The SMILES string of the molecule is N=C(N)C1=CN=NC1=C1C=CN=N1. The van der Waals surface area contributed by atoms with Crippen LogP contribution in [0.5, 0.6) is 0 Å². The van der Waals surface area contributed by atoms with Crippen molar-refractivity contribution in [2.24, 2.45) is 26.2 Å². The van der Waals surface area contributed by atoms with Gasteiger partial charge in [-0.1, -0.05) is 0 Å². The summed E-state index contributed by atoms with van der Waals surface area (Å²) in [4.78, 5) is 0. The van der Waals surface area contributed by atoms with Crippen LogP contribution in [0.25, 0.3) is 0 Å². The average molecular weight is 174 g/mol. The fourth-order valence-corrected chi connectivity index (χ4v) is 1.00. The van der Waals surface area contributed by atoms with Crippen LogP contribution in [0, 0.1) is 5.41 Å². The van der Waals surface area contributed by atoms with E-state index in [1.54, 1.807) is 12.3 Å². The third kappa shape index (κ3) is 1.18. The highest BCUT2D eigenvalue weighted by Gasteiger charge is 2.17. The average Bonchev–Trinajstić information content (AvgIpc) is 2.74. The van der Waals surface area contributed by atoms with Crippen LogP contribution in [0.3, 0.4) is 0 Å². The maximum atomic E-state index is 7.24. The van der Waals surface area contributed by atoms with Gasteiger partial charge in [-0.15, -0.1) is 10.2 Å². The van der Waals surface area contributed by atoms with Crippen molar-refractivity contribution in [1.29, 1.82) is 5.41 Å². The van der Waals surface area contributed by atoms with E-state index in [1.807, 2.05) is 0 Å². The molecule has 0 aromatic carbocycles. The maximum Gasteiger partial charge on any atom is 0.126 e. The molecule has 6 nitrogen and oxygen atoms in total. The topological polar surface area (TPSA) is 99.3 Å². The van der Waals surface area contributed by atoms with Crippen LogP contribution < -0.4 is 5.73 Å². The largest absolute Gasteiger partial charge is 0.384 e. The Hall–Kier alpha value is -2.11. The van der Waals surface area contributed by atoms with Gasteiger partial charge in [0.25, 0.3) is 0 Å². The molecule has 0 aliphatic carbocycles. The van der Waals surface area contributed by atoms with Gasteiger partial charge in [0.15, 0.2) is 0 Å². The van der Waals surface area contributed by atoms with Gasteiger partial charge in [-0.2, -0.15) is 10.2 Å². The lowest BCUT2D eigenvalue weighted by Gasteiger charge is -1.98. The Labute approximate surface area is 73.8 Å². The molecule has 0 unspecified atom stereocenters. The van der Waals surface area contributed by atoms with Gasteiger partial charge in [-0.05, 0) is 6.08 Å². The van der Waals surface area contributed by atoms with Gasteiger partial charge < -0.3 is 5.73 Å². The van der Waals surface area contributed by atoms with E-state index >= 15 is 0 Å². The Kier molecular flexibility index (Phi) is 1.59. The predicted molar refractivity (Wildman–Crippen MR) is 45.9 cm³/mol. The number of nitrogens with two attached hydrogens (primary N) is 1. The predicted octanol–water partition coefficient (Wildman–Crippen LogP) is 1.46. The molecule has 0 aromatic heterocycles. The highest BCUT2D eigenvalue weighted by molar-refractivity contribution is 5.99. The first-order valence-corrected chi connectivity index (χ1v) is 3.56. The normalized spacial score (nSPS) is 24.2. The molecular weight excluding hydrogens is 168 g/mol. The summed E-state index contributed by atoms with van der Waals surface area (Å²) in [6.07, 6.45) is 4.68. The number of nitrogens with zero attached hydrogens (tertiary/aromatic N) is 4. The van der Waals surface area contributed by atoms with E-state index in [4.69, 9.17) is 11.1 Å². The van der Waals surface area contributed by atoms with Gasteiger partial charge in [-0.25, -0.2) is 0 Å². The van der Waals surface area contributed by atoms with Crippen LogP contribution in [0.15, 0.2) is 55.9 Å². The first-order chi connectivity index (χ1) is 6.29. The Bertz CT molecular complexity index is 395. The lowest BCUT2D eigenvalue weighted by Crippen LogP contribution is -2.13. The van der Waals surface area contributed by atoms with Crippen molar-refractivity contribution >= 4 is 5.84 Å². The number of amidine groups is 1. The van der Waals surface area contributed by atoms with E-state index in [2.05, 4.69) is 20.5 Å². The van der Waals surface area contributed by atoms with Crippen molar-refractivity contribution in [3.8, 4) is 0 Å². The third-order valence-corrected chi connectivity index (χ3v) is 1.60. The van der Waals surface area contributed by atoms with Crippen LogP contribution in [0.2, 0.25) is 0 Å². The first kappa shape index (κ1) is 7.53. The standard InChI is InChI=1S/C7H6N6/c8-7(9)4-3-11-13-6(4)5-1-2-10-12-5/h1-3H,(H3,8,9). The monoisotopic (exact) mass is 174 g/mol. The van der Waals surface area contributed by atoms with E-state index in [1.165, 1.54) is 6.20 Å². The maximum absolute atomic E-state index is 7.24. The van der Waals surface area contributed by atoms with E-state index in [0.717, 1.165) is 0 Å². The highest BCUT2D eigenvalue weighted by Crippen LogP contribution is 2.25. The molecule has 0 aromatic rings. The van der Waals surface area contributed by atoms with Crippen molar-refractivity contribution in [2.45, 2.75) is 0 Å². The number of hydrogen-bond donors (Lipinski definition) is 2. The Morgan fingerprint density at radius 2 is 2.15 bits per heavy atom. The van der Waals surface area contributed by atoms with Crippen molar-refractivity contribution in [2.75, 3.05) is 0 Å². The summed E-state index contributed by atoms with van der Waals surface area (Å²) in [7, 11) is 0. The summed E-state index contributed by atoms with van der Waals surface area (Å²) in [5, 5.41) is 22.2. The van der Waals surface area contributed by atoms with Crippen LogP contribution in [0.4, 0.5) is 0 Å². The molecule has 0 saturated carbocycles. The molecule has 0 spiro atoms. The van der Waals surface area contributed by atoms with E-state index < -0.39 is 0 Å². The Morgan fingerprint density at radius 3 is 2.77 bits per heavy atom. The Balaban J connectivity index is 2.46. The number of nitrogens with one attached hydrogen (secondary N) is 1. The minimum atomic E-state index is -0.0667. The van der Waals surface area contributed by atoms with Gasteiger partial charge in [0, 0.05) is 0 Å². The molecule has 3 N–H and O–H groups in total. The van der Waals surface area contributed by atoms with Gasteiger partial charge in [0.05, 0.1) is 18.0 Å². The molecular formula is C7H6N6. The van der Waals surface area contributed by atoms with Crippen molar-refractivity contribution in [3.05, 3.63) is 35.4 Å². The minimum absolute atomic E-state index is 0.0667. The van der Waals surface area contributed by atoms with Crippen LogP contribution >= 0.6 is 0 Å². The fraction of sp³-hybridized carbons (Fsp3) is 0. The van der Waals surface area contributed by atoms with Crippen LogP contribution in [0.1, 0.15) is 0 Å². The molecule has 13 heavy (non-hydrogen) atoms. The Morgan fingerprint density at radius 1 is 1.31 bits per heavy atom. The zero-order valence-electron chi connectivity index (χ0n) is 6.60. The van der Waals surface area contributed by atoms with E-state index in [9.17, 15) is 0 Å². The molecule has 6 heteroatoms. The second kappa shape index (κ2) is 2.74. The minimum Gasteiger partial charge on any atom is -0.384 e. The number of allylic oxidation sites excluding steroid dienone is 1. The second-order valence-corrected chi connectivity index (χ2v) is 2.44. The van der Waals surface area contributed by atoms with Crippen LogP contribution in [-0.2, 0) is 0 Å². The van der Waals surface area contributed by atoms with Crippen molar-refractivity contribution in [1.82, 2.24) is 0 Å². The number of azo groups is 2. The zero-order chi connectivity index (χ0) is 9.26. The zero-order valence-corrected chi connectivity index (χ0v) is 6.60. The molecule has 2 heterocycles. The van der Waals surface area contributed by atoms with Crippen molar-refractivity contribution in [3.63, 3.8) is 0 Å².